The first-order valence-corrected chi connectivity index (χ1v) is 10.3. The minimum absolute atomic E-state index is 0.00391. The van der Waals surface area contributed by atoms with Gasteiger partial charge < -0.3 is 14.4 Å². The van der Waals surface area contributed by atoms with Crippen molar-refractivity contribution in [1.82, 2.24) is 14.7 Å². The third-order valence-electron chi connectivity index (χ3n) is 5.48. The monoisotopic (exact) mass is 425 g/mol. The second kappa shape index (κ2) is 8.79. The molecule has 1 aromatic heterocycles. The second-order valence-electron chi connectivity index (χ2n) is 7.29. The first kappa shape index (κ1) is 20.3. The Morgan fingerprint density at radius 1 is 1.17 bits per heavy atom. The van der Waals surface area contributed by atoms with Crippen LogP contribution in [-0.2, 0) is 6.54 Å². The van der Waals surface area contributed by atoms with Gasteiger partial charge in [-0.15, -0.1) is 0 Å². The highest BCUT2D eigenvalue weighted by Gasteiger charge is 2.31. The number of carbonyl (C=O) groups excluding carboxylic acids is 1. The summed E-state index contributed by atoms with van der Waals surface area (Å²) in [5.41, 5.74) is 2.59. The minimum Gasteiger partial charge on any atom is -0.493 e. The maximum atomic E-state index is 13.2. The highest BCUT2D eigenvalue weighted by Crippen LogP contribution is 2.37. The van der Waals surface area contributed by atoms with Crippen LogP contribution in [0.5, 0.6) is 11.5 Å². The molecular formula is C23H24ClN3O3. The van der Waals surface area contributed by atoms with Gasteiger partial charge in [-0.1, -0.05) is 35.9 Å². The third-order valence-corrected chi connectivity index (χ3v) is 5.85. The zero-order chi connectivity index (χ0) is 21.1. The third kappa shape index (κ3) is 4.00. The van der Waals surface area contributed by atoms with E-state index in [0.29, 0.717) is 35.2 Å². The smallest absolute Gasteiger partial charge is 0.257 e. The molecule has 2 aromatic carbocycles. The number of rotatable bonds is 6. The molecule has 0 unspecified atom stereocenters. The zero-order valence-corrected chi connectivity index (χ0v) is 17.8. The molecule has 1 aliphatic rings. The topological polar surface area (TPSA) is 56.6 Å². The van der Waals surface area contributed by atoms with Gasteiger partial charge in [-0.05, 0) is 42.2 Å². The number of halogens is 1. The molecular weight excluding hydrogens is 402 g/mol. The van der Waals surface area contributed by atoms with E-state index in [1.165, 1.54) is 0 Å². The summed E-state index contributed by atoms with van der Waals surface area (Å²) < 4.78 is 12.5. The lowest BCUT2D eigenvalue weighted by Gasteiger charge is -2.25. The van der Waals surface area contributed by atoms with Crippen molar-refractivity contribution in [2.75, 3.05) is 20.8 Å². The Bertz CT molecular complexity index is 1050. The fourth-order valence-corrected chi connectivity index (χ4v) is 4.14. The van der Waals surface area contributed by atoms with E-state index < -0.39 is 0 Å². The van der Waals surface area contributed by atoms with Crippen LogP contribution >= 0.6 is 11.6 Å². The molecule has 2 heterocycles. The molecule has 0 N–H and O–H groups in total. The lowest BCUT2D eigenvalue weighted by molar-refractivity contribution is 0.0735. The van der Waals surface area contributed by atoms with E-state index in [1.807, 2.05) is 47.4 Å². The van der Waals surface area contributed by atoms with Gasteiger partial charge in [-0.2, -0.15) is 5.10 Å². The Kier molecular flexibility index (Phi) is 5.95. The van der Waals surface area contributed by atoms with Crippen LogP contribution in [0.1, 0.15) is 40.4 Å². The van der Waals surface area contributed by atoms with Crippen LogP contribution in [0, 0.1) is 0 Å². The highest BCUT2D eigenvalue weighted by atomic mass is 35.5. The van der Waals surface area contributed by atoms with Gasteiger partial charge >= 0.3 is 0 Å². The summed E-state index contributed by atoms with van der Waals surface area (Å²) in [6.07, 6.45) is 5.28. The molecule has 1 amide bonds. The summed E-state index contributed by atoms with van der Waals surface area (Å²) >= 11 is 6.24. The van der Waals surface area contributed by atoms with E-state index >= 15 is 0 Å². The van der Waals surface area contributed by atoms with Crippen LogP contribution in [0.2, 0.25) is 5.02 Å². The first-order chi connectivity index (χ1) is 14.6. The summed E-state index contributed by atoms with van der Waals surface area (Å²) in [5, 5.41) is 5.06. The Hall–Kier alpha value is -2.99. The number of aromatic nitrogens is 2. The quantitative estimate of drug-likeness (QED) is 0.580. The van der Waals surface area contributed by atoms with Crippen molar-refractivity contribution >= 4 is 17.5 Å². The van der Waals surface area contributed by atoms with Crippen LogP contribution in [0.3, 0.4) is 0 Å². The normalized spacial score (nSPS) is 16.0. The van der Waals surface area contributed by atoms with Crippen molar-refractivity contribution in [3.63, 3.8) is 0 Å². The molecule has 1 saturated heterocycles. The van der Waals surface area contributed by atoms with Gasteiger partial charge in [0.15, 0.2) is 11.5 Å². The van der Waals surface area contributed by atoms with Crippen molar-refractivity contribution in [2.24, 2.45) is 0 Å². The van der Waals surface area contributed by atoms with Crippen LogP contribution < -0.4 is 9.47 Å². The fraction of sp³-hybridized carbons (Fsp3) is 0.304. The summed E-state index contributed by atoms with van der Waals surface area (Å²) in [6, 6.07) is 13.5. The van der Waals surface area contributed by atoms with Crippen LogP contribution in [0.15, 0.2) is 54.9 Å². The predicted octanol–water partition coefficient (Wildman–Crippen LogP) is 4.58. The van der Waals surface area contributed by atoms with Gasteiger partial charge in [-0.25, -0.2) is 0 Å². The number of hydrogen-bond acceptors (Lipinski definition) is 4. The van der Waals surface area contributed by atoms with Crippen LogP contribution in [0.25, 0.3) is 0 Å². The Morgan fingerprint density at radius 3 is 2.73 bits per heavy atom. The molecule has 0 aliphatic carbocycles. The van der Waals surface area contributed by atoms with Gasteiger partial charge in [0.25, 0.3) is 5.91 Å². The minimum atomic E-state index is -0.0160. The number of carbonyl (C=O) groups is 1. The molecule has 4 rings (SSSR count). The highest BCUT2D eigenvalue weighted by molar-refractivity contribution is 6.31. The SMILES string of the molecule is COc1ccc([C@@H]2CCCN2C(=O)c2cnn(Cc3ccccc3Cl)c2)cc1OC. The summed E-state index contributed by atoms with van der Waals surface area (Å²) in [7, 11) is 3.23. The maximum Gasteiger partial charge on any atom is 0.257 e. The molecule has 0 bridgehead atoms. The van der Waals surface area contributed by atoms with Crippen molar-refractivity contribution in [3.8, 4) is 11.5 Å². The molecule has 7 heteroatoms. The Morgan fingerprint density at radius 2 is 1.97 bits per heavy atom. The molecule has 1 fully saturated rings. The lowest BCUT2D eigenvalue weighted by atomic mass is 10.0. The van der Waals surface area contributed by atoms with Gasteiger partial charge in [0.2, 0.25) is 0 Å². The maximum absolute atomic E-state index is 13.2. The number of likely N-dealkylation sites (tertiary alicyclic amines) is 1. The number of hydrogen-bond donors (Lipinski definition) is 0. The molecule has 1 atom stereocenters. The number of nitrogens with zero attached hydrogens (tertiary/aromatic N) is 3. The summed E-state index contributed by atoms with van der Waals surface area (Å²) in [4.78, 5) is 15.1. The van der Waals surface area contributed by atoms with Gasteiger partial charge in [0.1, 0.15) is 0 Å². The zero-order valence-electron chi connectivity index (χ0n) is 17.0. The van der Waals surface area contributed by atoms with Gasteiger partial charge in [0, 0.05) is 17.8 Å². The van der Waals surface area contributed by atoms with Crippen molar-refractivity contribution in [1.29, 1.82) is 0 Å². The molecule has 156 valence electrons. The molecule has 30 heavy (non-hydrogen) atoms. The number of methoxy groups -OCH3 is 2. The first-order valence-electron chi connectivity index (χ1n) is 9.89. The van der Waals surface area contributed by atoms with Crippen molar-refractivity contribution in [3.05, 3.63) is 76.6 Å². The summed E-state index contributed by atoms with van der Waals surface area (Å²) in [5.74, 6) is 1.33. The number of ether oxygens (including phenoxy) is 2. The predicted molar refractivity (Wildman–Crippen MR) is 115 cm³/mol. The van der Waals surface area contributed by atoms with Gasteiger partial charge in [-0.3, -0.25) is 9.48 Å². The number of benzene rings is 2. The number of amides is 1. The molecule has 6 nitrogen and oxygen atoms in total. The van der Waals surface area contributed by atoms with Crippen molar-refractivity contribution < 1.29 is 14.3 Å². The van der Waals surface area contributed by atoms with E-state index in [0.717, 1.165) is 24.0 Å². The average Bonchev–Trinajstić information content (AvgIpc) is 3.44. The van der Waals surface area contributed by atoms with Crippen LogP contribution in [-0.4, -0.2) is 41.4 Å². The lowest BCUT2D eigenvalue weighted by Crippen LogP contribution is -2.30. The molecule has 3 aromatic rings. The Balaban J connectivity index is 1.53. The van der Waals surface area contributed by atoms with E-state index in [2.05, 4.69) is 5.10 Å². The second-order valence-corrected chi connectivity index (χ2v) is 7.70. The molecule has 0 saturated carbocycles. The fourth-order valence-electron chi connectivity index (χ4n) is 3.94. The standard InChI is InChI=1S/C23H24ClN3O3/c1-29-21-10-9-16(12-22(21)30-2)20-8-5-11-27(20)23(28)18-13-25-26(15-18)14-17-6-3-4-7-19(17)24/h3-4,6-7,9-10,12-13,15,20H,5,8,11,14H2,1-2H3/t20-/m0/s1. The van der Waals surface area contributed by atoms with Crippen molar-refractivity contribution in [2.45, 2.75) is 25.4 Å². The van der Waals surface area contributed by atoms with Gasteiger partial charge in [0.05, 0.1) is 38.6 Å². The molecule has 0 radical (unpaired) electrons. The Labute approximate surface area is 181 Å². The summed E-state index contributed by atoms with van der Waals surface area (Å²) in [6.45, 7) is 1.24. The van der Waals surface area contributed by atoms with E-state index in [9.17, 15) is 4.79 Å². The van der Waals surface area contributed by atoms with Crippen LogP contribution in [0.4, 0.5) is 0 Å². The van der Waals surface area contributed by atoms with E-state index in [-0.39, 0.29) is 11.9 Å². The van der Waals surface area contributed by atoms with E-state index in [4.69, 9.17) is 21.1 Å². The van der Waals surface area contributed by atoms with E-state index in [1.54, 1.807) is 31.3 Å². The largest absolute Gasteiger partial charge is 0.493 e. The molecule has 1 aliphatic heterocycles. The molecule has 0 spiro atoms. The average molecular weight is 426 g/mol.